The lowest BCUT2D eigenvalue weighted by molar-refractivity contribution is 0.471. The Morgan fingerprint density at radius 3 is 2.07 bits per heavy atom. The fourth-order valence-corrected chi connectivity index (χ4v) is 6.64. The molecule has 0 fully saturated rings. The minimum atomic E-state index is 0.142. The Morgan fingerprint density at radius 2 is 1.36 bits per heavy atom. The molecule has 0 aliphatic heterocycles. The highest BCUT2D eigenvalue weighted by atomic mass is 79.9. The van der Waals surface area contributed by atoms with Crippen LogP contribution in [0.5, 0.6) is 11.5 Å². The van der Waals surface area contributed by atoms with E-state index in [4.69, 9.17) is 4.99 Å². The maximum absolute atomic E-state index is 11.1. The molecule has 0 radical (unpaired) electrons. The second kappa shape index (κ2) is 12.3. The Bertz CT molecular complexity index is 1960. The maximum atomic E-state index is 11.1. The van der Waals surface area contributed by atoms with Gasteiger partial charge in [0.15, 0.2) is 0 Å². The monoisotopic (exact) mass is 629 g/mol. The van der Waals surface area contributed by atoms with E-state index in [1.54, 1.807) is 12.3 Å². The summed E-state index contributed by atoms with van der Waals surface area (Å²) in [5.74, 6) is 2.01. The largest absolute Gasteiger partial charge is 0.507 e. The van der Waals surface area contributed by atoms with Crippen molar-refractivity contribution in [1.29, 1.82) is 0 Å². The van der Waals surface area contributed by atoms with Crippen LogP contribution in [0.4, 0.5) is 5.69 Å². The summed E-state index contributed by atoms with van der Waals surface area (Å²) in [6.45, 7) is 3.82. The number of phenolic OH excluding ortho intramolecular Hbond substituents is 2. The standard InChI is InChI=1S/C37H28BrNO2S/c1-2-24-11-13-25(14-12-24)22-42-23-26-19-29(37(41)32(38)20-26)21-39-33-17-15-27-7-3-5-9-30(27)35(33)36-31-10-6-4-8-28(31)16-18-34(36)40/h2-21,40-41H,1,22-23H2. The van der Waals surface area contributed by atoms with Crippen molar-refractivity contribution in [3.63, 3.8) is 0 Å². The normalized spacial score (nSPS) is 11.5. The molecule has 0 spiro atoms. The number of rotatable bonds is 8. The zero-order valence-electron chi connectivity index (χ0n) is 22.8. The van der Waals surface area contributed by atoms with Crippen LogP contribution in [0.2, 0.25) is 0 Å². The molecule has 0 amide bonds. The van der Waals surface area contributed by atoms with E-state index >= 15 is 0 Å². The van der Waals surface area contributed by atoms with Gasteiger partial charge in [-0.05, 0) is 78.4 Å². The first-order valence-corrected chi connectivity index (χ1v) is 15.5. The number of benzene rings is 6. The lowest BCUT2D eigenvalue weighted by atomic mass is 9.92. The average molecular weight is 631 g/mol. The smallest absolute Gasteiger partial charge is 0.138 e. The van der Waals surface area contributed by atoms with Crippen molar-refractivity contribution in [2.45, 2.75) is 11.5 Å². The second-order valence-electron chi connectivity index (χ2n) is 10.1. The predicted octanol–water partition coefficient (Wildman–Crippen LogP) is 10.7. The summed E-state index contributed by atoms with van der Waals surface area (Å²) in [4.78, 5) is 4.91. The first-order valence-electron chi connectivity index (χ1n) is 13.6. The molecule has 6 aromatic rings. The molecular weight excluding hydrogens is 602 g/mol. The Labute approximate surface area is 258 Å². The van der Waals surface area contributed by atoms with Crippen molar-refractivity contribution in [2.24, 2.45) is 4.99 Å². The Kier molecular flexibility index (Phi) is 8.13. The topological polar surface area (TPSA) is 52.8 Å². The summed E-state index contributed by atoms with van der Waals surface area (Å²) >= 11 is 5.35. The highest BCUT2D eigenvalue weighted by Crippen LogP contribution is 2.45. The first-order chi connectivity index (χ1) is 20.5. The Morgan fingerprint density at radius 1 is 0.714 bits per heavy atom. The molecule has 6 rings (SSSR count). The molecule has 0 heterocycles. The van der Waals surface area contributed by atoms with E-state index < -0.39 is 0 Å². The van der Waals surface area contributed by atoms with E-state index in [2.05, 4.69) is 58.9 Å². The van der Waals surface area contributed by atoms with Gasteiger partial charge in [0, 0.05) is 34.4 Å². The van der Waals surface area contributed by atoms with Gasteiger partial charge in [-0.1, -0.05) is 97.6 Å². The fourth-order valence-electron chi connectivity index (χ4n) is 5.19. The van der Waals surface area contributed by atoms with Gasteiger partial charge in [0.2, 0.25) is 0 Å². The second-order valence-corrected chi connectivity index (χ2v) is 11.9. The van der Waals surface area contributed by atoms with Crippen LogP contribution in [0.25, 0.3) is 38.7 Å². The van der Waals surface area contributed by atoms with Crippen molar-refractivity contribution < 1.29 is 10.2 Å². The van der Waals surface area contributed by atoms with E-state index in [1.165, 1.54) is 5.56 Å². The molecular formula is C37H28BrNO2S. The maximum Gasteiger partial charge on any atom is 0.138 e. The third-order valence-electron chi connectivity index (χ3n) is 7.31. The number of fused-ring (bicyclic) bond motifs is 2. The molecule has 0 atom stereocenters. The van der Waals surface area contributed by atoms with Gasteiger partial charge in [-0.3, -0.25) is 4.99 Å². The SMILES string of the molecule is C=Cc1ccc(CSCc2cc(Br)c(O)c(C=Nc3ccc4ccccc4c3-c3c(O)ccc4ccccc34)c2)cc1. The molecule has 0 unspecified atom stereocenters. The number of halogens is 1. The highest BCUT2D eigenvalue weighted by molar-refractivity contribution is 9.10. The van der Waals surface area contributed by atoms with Gasteiger partial charge in [0.1, 0.15) is 11.5 Å². The van der Waals surface area contributed by atoms with Crippen LogP contribution in [0.15, 0.2) is 125 Å². The molecule has 5 heteroatoms. The molecule has 42 heavy (non-hydrogen) atoms. The number of aromatic hydroxyl groups is 2. The number of thioether (sulfide) groups is 1. The Balaban J connectivity index is 1.36. The summed E-state index contributed by atoms with van der Waals surface area (Å²) < 4.78 is 0.628. The lowest BCUT2D eigenvalue weighted by Gasteiger charge is -2.15. The quantitative estimate of drug-likeness (QED) is 0.165. The third kappa shape index (κ3) is 5.71. The number of hydrogen-bond donors (Lipinski definition) is 2. The van der Waals surface area contributed by atoms with Crippen molar-refractivity contribution in [3.05, 3.63) is 143 Å². The number of hydrogen-bond acceptors (Lipinski definition) is 4. The molecule has 0 saturated heterocycles. The molecule has 3 nitrogen and oxygen atoms in total. The molecule has 0 aromatic heterocycles. The average Bonchev–Trinajstić information content (AvgIpc) is 3.02. The van der Waals surface area contributed by atoms with Gasteiger partial charge in [-0.15, -0.1) is 0 Å². The number of phenols is 2. The minimum absolute atomic E-state index is 0.142. The van der Waals surface area contributed by atoms with Crippen molar-refractivity contribution in [2.75, 3.05) is 0 Å². The summed E-state index contributed by atoms with van der Waals surface area (Å²) in [6.07, 6.45) is 3.55. The number of nitrogens with zero attached hydrogens (tertiary/aromatic N) is 1. The van der Waals surface area contributed by atoms with Gasteiger partial charge >= 0.3 is 0 Å². The molecule has 6 aromatic carbocycles. The zero-order chi connectivity index (χ0) is 29.1. The Hall–Kier alpha value is -4.32. The van der Waals surface area contributed by atoms with Crippen LogP contribution in [-0.2, 0) is 11.5 Å². The van der Waals surface area contributed by atoms with Crippen LogP contribution in [-0.4, -0.2) is 16.4 Å². The van der Waals surface area contributed by atoms with Crippen molar-refractivity contribution in [3.8, 4) is 22.6 Å². The summed E-state index contributed by atoms with van der Waals surface area (Å²) in [6, 6.07) is 36.2. The van der Waals surface area contributed by atoms with E-state index in [0.717, 1.165) is 55.3 Å². The van der Waals surface area contributed by atoms with E-state index in [1.807, 2.05) is 84.6 Å². The lowest BCUT2D eigenvalue weighted by Crippen LogP contribution is -1.91. The molecule has 0 aliphatic rings. The molecule has 0 bridgehead atoms. The summed E-state index contributed by atoms with van der Waals surface area (Å²) in [5, 5.41) is 26.1. The molecule has 0 aliphatic carbocycles. The molecule has 0 saturated carbocycles. The van der Waals surface area contributed by atoms with Crippen molar-refractivity contribution in [1.82, 2.24) is 0 Å². The number of aliphatic imine (C=N–C) groups is 1. The third-order valence-corrected chi connectivity index (χ3v) is 8.99. The van der Waals surface area contributed by atoms with Crippen LogP contribution in [0, 0.1) is 0 Å². The summed E-state index contributed by atoms with van der Waals surface area (Å²) in [7, 11) is 0. The van der Waals surface area contributed by atoms with Gasteiger partial charge in [-0.25, -0.2) is 0 Å². The molecule has 206 valence electrons. The van der Waals surface area contributed by atoms with Crippen LogP contribution < -0.4 is 0 Å². The fraction of sp³-hybridized carbons (Fsp3) is 0.0541. The zero-order valence-corrected chi connectivity index (χ0v) is 25.2. The van der Waals surface area contributed by atoms with E-state index in [-0.39, 0.29) is 11.5 Å². The van der Waals surface area contributed by atoms with Gasteiger partial charge in [-0.2, -0.15) is 11.8 Å². The first kappa shape index (κ1) is 27.8. The highest BCUT2D eigenvalue weighted by Gasteiger charge is 2.17. The van der Waals surface area contributed by atoms with Gasteiger partial charge < -0.3 is 10.2 Å². The minimum Gasteiger partial charge on any atom is -0.507 e. The molecule has 2 N–H and O–H groups in total. The van der Waals surface area contributed by atoms with Crippen LogP contribution in [0.1, 0.15) is 22.3 Å². The van der Waals surface area contributed by atoms with Gasteiger partial charge in [0.25, 0.3) is 0 Å². The van der Waals surface area contributed by atoms with Crippen LogP contribution in [0.3, 0.4) is 0 Å². The van der Waals surface area contributed by atoms with Crippen molar-refractivity contribution >= 4 is 67.2 Å². The van der Waals surface area contributed by atoms with E-state index in [9.17, 15) is 10.2 Å². The predicted molar refractivity (Wildman–Crippen MR) is 183 cm³/mol. The van der Waals surface area contributed by atoms with Crippen LogP contribution >= 0.6 is 27.7 Å². The van der Waals surface area contributed by atoms with Gasteiger partial charge in [0.05, 0.1) is 10.2 Å². The van der Waals surface area contributed by atoms with E-state index in [0.29, 0.717) is 15.7 Å². The summed E-state index contributed by atoms with van der Waals surface area (Å²) in [5.41, 5.74) is 6.38.